The Morgan fingerprint density at radius 3 is 2.10 bits per heavy atom. The number of thioether (sulfide) groups is 1. The van der Waals surface area contributed by atoms with Crippen molar-refractivity contribution in [2.24, 2.45) is 0 Å². The van der Waals surface area contributed by atoms with Crippen molar-refractivity contribution in [2.45, 2.75) is 24.9 Å². The summed E-state index contributed by atoms with van der Waals surface area (Å²) < 4.78 is 7.17. The average molecular weight is 578 g/mol. The quantitative estimate of drug-likeness (QED) is 0.126. The Morgan fingerprint density at radius 1 is 0.881 bits per heavy atom. The predicted molar refractivity (Wildman–Crippen MR) is 167 cm³/mol. The third kappa shape index (κ3) is 6.39. The third-order valence-electron chi connectivity index (χ3n) is 6.83. The van der Waals surface area contributed by atoms with Crippen molar-refractivity contribution < 1.29 is 19.4 Å². The van der Waals surface area contributed by atoms with Crippen molar-refractivity contribution in [1.82, 2.24) is 9.55 Å². The Morgan fingerprint density at radius 2 is 1.52 bits per heavy atom. The number of anilines is 1. The van der Waals surface area contributed by atoms with Crippen LogP contribution in [0.2, 0.25) is 0 Å². The van der Waals surface area contributed by atoms with Crippen LogP contribution in [0, 0.1) is 0 Å². The number of amides is 1. The van der Waals surface area contributed by atoms with Crippen LogP contribution in [-0.4, -0.2) is 39.2 Å². The number of ketones is 1. The summed E-state index contributed by atoms with van der Waals surface area (Å²) >= 11 is 1.35. The van der Waals surface area contributed by atoms with Crippen LogP contribution in [0.4, 0.5) is 5.82 Å². The number of aromatic nitrogens is 2. The molecule has 8 heteroatoms. The molecule has 212 valence electrons. The predicted octanol–water partition coefficient (Wildman–Crippen LogP) is 7.30. The summed E-state index contributed by atoms with van der Waals surface area (Å²) in [4.78, 5) is 29.2. The zero-order valence-electron chi connectivity index (χ0n) is 23.4. The Kier molecular flexibility index (Phi) is 9.04. The van der Waals surface area contributed by atoms with Gasteiger partial charge in [-0.25, -0.2) is 4.98 Å². The number of carbonyl (C=O) groups excluding carboxylic acids is 2. The number of methoxy groups -OCH3 is 1. The zero-order chi connectivity index (χ0) is 29.5. The maximum atomic E-state index is 13.1. The lowest BCUT2D eigenvalue weighted by Crippen LogP contribution is -2.15. The number of rotatable bonds is 11. The molecule has 1 amide bonds. The number of ether oxygens (including phenoxy) is 1. The summed E-state index contributed by atoms with van der Waals surface area (Å²) in [7, 11) is 1.62. The van der Waals surface area contributed by atoms with Gasteiger partial charge in [-0.2, -0.15) is 0 Å². The molecule has 0 saturated carbocycles. The first-order valence-electron chi connectivity index (χ1n) is 13.6. The van der Waals surface area contributed by atoms with Gasteiger partial charge in [0.25, 0.3) is 0 Å². The summed E-state index contributed by atoms with van der Waals surface area (Å²) in [5.74, 6) is 1.07. The molecule has 0 bridgehead atoms. The van der Waals surface area contributed by atoms with Crippen LogP contribution in [0.15, 0.2) is 108 Å². The summed E-state index contributed by atoms with van der Waals surface area (Å²) in [5, 5.41) is 15.3. The van der Waals surface area contributed by atoms with E-state index in [1.54, 1.807) is 26.2 Å². The molecule has 0 aliphatic heterocycles. The first-order chi connectivity index (χ1) is 20.5. The minimum Gasteiger partial charge on any atom is -0.497 e. The molecule has 2 N–H and O–H groups in total. The van der Waals surface area contributed by atoms with E-state index in [0.29, 0.717) is 29.9 Å². The van der Waals surface area contributed by atoms with E-state index in [4.69, 9.17) is 4.74 Å². The summed E-state index contributed by atoms with van der Waals surface area (Å²) in [6, 6.07) is 30.6. The molecule has 42 heavy (non-hydrogen) atoms. The van der Waals surface area contributed by atoms with E-state index in [0.717, 1.165) is 33.0 Å². The van der Waals surface area contributed by atoms with Crippen LogP contribution in [-0.2, 0) is 11.3 Å². The number of nitrogens with one attached hydrogen (secondary N) is 1. The first-order valence-corrected chi connectivity index (χ1v) is 14.6. The number of carbonyl (C=O) groups is 2. The number of pyridine rings is 1. The second kappa shape index (κ2) is 13.2. The van der Waals surface area contributed by atoms with Crippen LogP contribution < -0.4 is 10.1 Å². The number of hydrogen-bond acceptors (Lipinski definition) is 6. The minimum atomic E-state index is -0.251. The lowest BCUT2D eigenvalue weighted by atomic mass is 9.99. The Labute approximate surface area is 249 Å². The molecule has 0 saturated heterocycles. The van der Waals surface area contributed by atoms with E-state index in [2.05, 4.69) is 10.3 Å². The van der Waals surface area contributed by atoms with Gasteiger partial charge in [0.05, 0.1) is 30.0 Å². The number of nitrogens with zero attached hydrogens (tertiary/aromatic N) is 2. The average Bonchev–Trinajstić information content (AvgIpc) is 3.31. The Balaban J connectivity index is 1.52. The summed E-state index contributed by atoms with van der Waals surface area (Å²) in [6.07, 6.45) is 1.87. The van der Waals surface area contributed by atoms with Crippen molar-refractivity contribution in [1.29, 1.82) is 0 Å². The largest absolute Gasteiger partial charge is 0.497 e. The fourth-order valence-electron chi connectivity index (χ4n) is 4.70. The highest BCUT2D eigenvalue weighted by atomic mass is 32.2. The lowest BCUT2D eigenvalue weighted by molar-refractivity contribution is -0.113. The molecule has 2 aromatic heterocycles. The molecule has 0 spiro atoms. The summed E-state index contributed by atoms with van der Waals surface area (Å²) in [6.45, 7) is 2.19. The number of aromatic hydroxyl groups is 1. The fraction of sp³-hybridized carbons (Fsp3) is 0.147. The van der Waals surface area contributed by atoms with Gasteiger partial charge >= 0.3 is 0 Å². The van der Waals surface area contributed by atoms with Crippen molar-refractivity contribution in [3.63, 3.8) is 0 Å². The minimum absolute atomic E-state index is 0.00368. The number of Topliss-reactive ketones (excluding diaryl/α,β-unsaturated/α-hetero) is 1. The number of hydrogen-bond donors (Lipinski definition) is 2. The van der Waals surface area contributed by atoms with Crippen molar-refractivity contribution >= 4 is 29.3 Å². The van der Waals surface area contributed by atoms with Gasteiger partial charge in [-0.3, -0.25) is 9.59 Å². The van der Waals surface area contributed by atoms with Gasteiger partial charge in [0.1, 0.15) is 11.6 Å². The molecule has 0 radical (unpaired) electrons. The normalized spacial score (nSPS) is 10.8. The SMILES string of the molecule is CCC(=O)c1ccc(NC(=O)CSc2c(-c3ccccc3)c(-c3ccccc3)c(O)n2Cc2ccc(OC)cc2)nc1. The van der Waals surface area contributed by atoms with Crippen LogP contribution in [0.25, 0.3) is 22.3 Å². The van der Waals surface area contributed by atoms with Gasteiger partial charge in [-0.05, 0) is 41.0 Å². The van der Waals surface area contributed by atoms with Crippen molar-refractivity contribution in [2.75, 3.05) is 18.2 Å². The van der Waals surface area contributed by atoms with Crippen molar-refractivity contribution in [3.05, 3.63) is 114 Å². The molecule has 7 nitrogen and oxygen atoms in total. The topological polar surface area (TPSA) is 93.5 Å². The molecule has 0 unspecified atom stereocenters. The van der Waals surface area contributed by atoms with E-state index < -0.39 is 0 Å². The second-order valence-electron chi connectivity index (χ2n) is 9.59. The van der Waals surface area contributed by atoms with Gasteiger partial charge in [0.15, 0.2) is 5.78 Å². The van der Waals surface area contributed by atoms with Gasteiger partial charge in [-0.15, -0.1) is 0 Å². The molecular formula is C34H31N3O4S. The molecule has 5 rings (SSSR count). The monoisotopic (exact) mass is 577 g/mol. The van der Waals surface area contributed by atoms with E-state index in [1.807, 2.05) is 89.5 Å². The van der Waals surface area contributed by atoms with Gasteiger partial charge in [-0.1, -0.05) is 91.5 Å². The van der Waals surface area contributed by atoms with Crippen LogP contribution in [0.3, 0.4) is 0 Å². The Hall–Kier alpha value is -4.82. The highest BCUT2D eigenvalue weighted by Gasteiger charge is 2.26. The molecule has 5 aromatic rings. The standard InChI is InChI=1S/C34H31N3O4S/c1-3-28(38)26-16-19-29(35-20-26)36-30(39)22-42-34-32(25-12-8-5-9-13-25)31(24-10-6-4-7-11-24)33(40)37(34)21-23-14-17-27(41-2)18-15-23/h4-20,40H,3,21-22H2,1-2H3,(H,35,36,39). The second-order valence-corrected chi connectivity index (χ2v) is 10.6. The van der Waals surface area contributed by atoms with Crippen LogP contribution in [0.5, 0.6) is 11.6 Å². The van der Waals surface area contributed by atoms with Crippen LogP contribution >= 0.6 is 11.8 Å². The molecule has 0 aliphatic carbocycles. The smallest absolute Gasteiger partial charge is 0.235 e. The summed E-state index contributed by atoms with van der Waals surface area (Å²) in [5.41, 5.74) is 4.85. The van der Waals surface area contributed by atoms with Gasteiger partial charge in [0.2, 0.25) is 11.8 Å². The first kappa shape index (κ1) is 28.7. The molecule has 3 aromatic carbocycles. The van der Waals surface area contributed by atoms with E-state index in [1.165, 1.54) is 18.0 Å². The van der Waals surface area contributed by atoms with Gasteiger partial charge < -0.3 is 19.7 Å². The highest BCUT2D eigenvalue weighted by Crippen LogP contribution is 2.47. The molecule has 2 heterocycles. The van der Waals surface area contributed by atoms with Gasteiger partial charge in [0, 0.05) is 23.7 Å². The van der Waals surface area contributed by atoms with E-state index in [-0.39, 0.29) is 23.3 Å². The maximum absolute atomic E-state index is 13.1. The molecule has 0 aliphatic rings. The van der Waals surface area contributed by atoms with E-state index in [9.17, 15) is 14.7 Å². The fourth-order valence-corrected chi connectivity index (χ4v) is 5.71. The number of benzene rings is 3. The molecule has 0 fully saturated rings. The zero-order valence-corrected chi connectivity index (χ0v) is 24.2. The maximum Gasteiger partial charge on any atom is 0.235 e. The van der Waals surface area contributed by atoms with E-state index >= 15 is 0 Å². The lowest BCUT2D eigenvalue weighted by Gasteiger charge is -2.13. The Bertz CT molecular complexity index is 1670. The van der Waals surface area contributed by atoms with Crippen LogP contribution in [0.1, 0.15) is 29.3 Å². The van der Waals surface area contributed by atoms with Crippen molar-refractivity contribution in [3.8, 4) is 33.9 Å². The molecule has 0 atom stereocenters. The highest BCUT2D eigenvalue weighted by molar-refractivity contribution is 8.00. The third-order valence-corrected chi connectivity index (χ3v) is 7.93. The molecular weight excluding hydrogens is 546 g/mol.